The highest BCUT2D eigenvalue weighted by Gasteiger charge is 2.62. The molecule has 0 aromatic heterocycles. The van der Waals surface area contributed by atoms with E-state index in [2.05, 4.69) is 10.6 Å². The first-order valence-electron chi connectivity index (χ1n) is 10.7. The topological polar surface area (TPSA) is 78.5 Å². The molecule has 0 radical (unpaired) electrons. The second-order valence-electron chi connectivity index (χ2n) is 9.13. The Kier molecular flexibility index (Phi) is 6.25. The third-order valence-electron chi connectivity index (χ3n) is 6.47. The molecule has 0 spiro atoms. The smallest absolute Gasteiger partial charge is 0.248 e. The van der Waals surface area contributed by atoms with Crippen molar-refractivity contribution in [2.24, 2.45) is 17.3 Å². The van der Waals surface area contributed by atoms with Crippen LogP contribution in [0.15, 0.2) is 59.1 Å². The molecule has 1 saturated carbocycles. The number of halogens is 2. The number of benzene rings is 2. The monoisotopic (exact) mass is 485 g/mol. The lowest BCUT2D eigenvalue weighted by atomic mass is 10.0. The Labute approximate surface area is 202 Å². The number of anilines is 3. The maximum Gasteiger partial charge on any atom is 0.248 e. The number of rotatable bonds is 5. The lowest BCUT2D eigenvalue weighted by molar-refractivity contribution is -0.127. The molecule has 1 aliphatic heterocycles. The van der Waals surface area contributed by atoms with E-state index in [0.717, 1.165) is 5.56 Å². The number of para-hydroxylation sites is 2. The summed E-state index contributed by atoms with van der Waals surface area (Å²) < 4.78 is 0.106. The minimum absolute atomic E-state index is 0.106. The number of carbonyl (C=O) groups excluding carboxylic acids is 3. The predicted octanol–water partition coefficient (Wildman–Crippen LogP) is 5.27. The highest BCUT2D eigenvalue weighted by Crippen LogP contribution is 2.61. The normalized spacial score (nSPS) is 22.6. The Balaban J connectivity index is 1.63. The van der Waals surface area contributed by atoms with Gasteiger partial charge >= 0.3 is 0 Å². The van der Waals surface area contributed by atoms with Gasteiger partial charge in [-0.3, -0.25) is 19.3 Å². The summed E-state index contributed by atoms with van der Waals surface area (Å²) in [5, 5.41) is 5.64. The van der Waals surface area contributed by atoms with E-state index >= 15 is 0 Å². The number of nitrogens with zero attached hydrogens (tertiary/aromatic N) is 1. The molecule has 2 aromatic carbocycles. The second-order valence-corrected chi connectivity index (χ2v) is 10.1. The van der Waals surface area contributed by atoms with Crippen LogP contribution in [0.3, 0.4) is 0 Å². The maximum absolute atomic E-state index is 13.8. The third-order valence-corrected chi connectivity index (χ3v) is 6.72. The van der Waals surface area contributed by atoms with E-state index in [1.807, 2.05) is 32.9 Å². The summed E-state index contributed by atoms with van der Waals surface area (Å²) >= 11 is 11.7. The van der Waals surface area contributed by atoms with Crippen molar-refractivity contribution in [2.75, 3.05) is 15.5 Å². The predicted molar refractivity (Wildman–Crippen MR) is 131 cm³/mol. The van der Waals surface area contributed by atoms with E-state index in [-0.39, 0.29) is 34.1 Å². The van der Waals surface area contributed by atoms with Crippen molar-refractivity contribution in [3.8, 4) is 0 Å². The summed E-state index contributed by atoms with van der Waals surface area (Å²) in [6, 6.07) is 13.5. The molecule has 1 aliphatic carbocycles. The summed E-state index contributed by atoms with van der Waals surface area (Å²) in [7, 11) is 0. The van der Waals surface area contributed by atoms with Crippen LogP contribution in [0.5, 0.6) is 0 Å². The molecule has 4 rings (SSSR count). The first-order chi connectivity index (χ1) is 15.6. The van der Waals surface area contributed by atoms with Gasteiger partial charge in [-0.25, -0.2) is 0 Å². The van der Waals surface area contributed by atoms with Gasteiger partial charge in [0.2, 0.25) is 17.7 Å². The Morgan fingerprint density at radius 2 is 1.79 bits per heavy atom. The average molecular weight is 486 g/mol. The van der Waals surface area contributed by atoms with E-state index < -0.39 is 17.9 Å². The number of hydrogen-bond acceptors (Lipinski definition) is 3. The van der Waals surface area contributed by atoms with Gasteiger partial charge in [-0.2, -0.15) is 0 Å². The van der Waals surface area contributed by atoms with Crippen LogP contribution in [0.2, 0.25) is 0 Å². The first kappa shape index (κ1) is 23.3. The zero-order valence-electron chi connectivity index (χ0n) is 18.6. The van der Waals surface area contributed by atoms with Gasteiger partial charge in [-0.05, 0) is 48.6 Å². The SMILES string of the molecule is Cc1ccc(NC(=O)C[C@@H]2C(=O)Nc3ccccc3N2C(=O)[C@H]2[C@@H](C=C(Cl)Cl)C2(C)C)cc1. The number of carbonyl (C=O) groups is 3. The number of fused-ring (bicyclic) bond motifs is 1. The molecule has 2 aliphatic rings. The lowest BCUT2D eigenvalue weighted by Crippen LogP contribution is -2.53. The summed E-state index contributed by atoms with van der Waals surface area (Å²) in [5.41, 5.74) is 2.43. The molecule has 0 bridgehead atoms. The lowest BCUT2D eigenvalue weighted by Gasteiger charge is -2.36. The molecule has 2 aromatic rings. The van der Waals surface area contributed by atoms with Gasteiger partial charge < -0.3 is 10.6 Å². The number of allylic oxidation sites excluding steroid dienone is 1. The third kappa shape index (κ3) is 4.63. The second kappa shape index (κ2) is 8.84. The quantitative estimate of drug-likeness (QED) is 0.605. The van der Waals surface area contributed by atoms with Crippen molar-refractivity contribution in [3.63, 3.8) is 0 Å². The van der Waals surface area contributed by atoms with Crippen molar-refractivity contribution in [1.82, 2.24) is 0 Å². The zero-order valence-corrected chi connectivity index (χ0v) is 20.1. The molecular formula is C25H25Cl2N3O3. The standard InChI is InChI=1S/C25H25Cl2N3O3/c1-14-8-10-15(11-9-14)28-21(31)13-19-23(32)29-17-6-4-5-7-18(17)30(19)24(33)22-16(12-20(26)27)25(22,2)3/h4-12,16,19,22H,13H2,1-3H3,(H,28,31)(H,29,32)/t16-,19-,22-/m1/s1. The maximum atomic E-state index is 13.8. The summed E-state index contributed by atoms with van der Waals surface area (Å²) in [4.78, 5) is 41.1. The number of hydrogen-bond donors (Lipinski definition) is 2. The van der Waals surface area contributed by atoms with E-state index in [4.69, 9.17) is 23.2 Å². The Hall–Kier alpha value is -2.83. The van der Waals surface area contributed by atoms with Crippen molar-refractivity contribution in [3.05, 3.63) is 64.7 Å². The van der Waals surface area contributed by atoms with E-state index in [0.29, 0.717) is 17.1 Å². The number of aryl methyl sites for hydroxylation is 1. The van der Waals surface area contributed by atoms with Crippen molar-refractivity contribution >= 4 is 58.0 Å². The molecule has 2 N–H and O–H groups in total. The van der Waals surface area contributed by atoms with Crippen LogP contribution >= 0.6 is 23.2 Å². The molecule has 1 heterocycles. The van der Waals surface area contributed by atoms with Crippen molar-refractivity contribution in [2.45, 2.75) is 33.2 Å². The molecule has 3 amide bonds. The number of amides is 3. The molecule has 1 fully saturated rings. The highest BCUT2D eigenvalue weighted by molar-refractivity contribution is 6.55. The van der Waals surface area contributed by atoms with E-state index in [1.54, 1.807) is 42.5 Å². The minimum Gasteiger partial charge on any atom is -0.326 e. The van der Waals surface area contributed by atoms with E-state index in [9.17, 15) is 14.4 Å². The molecule has 0 saturated heterocycles. The number of nitrogens with one attached hydrogen (secondary N) is 2. The Bertz CT molecular complexity index is 1140. The van der Waals surface area contributed by atoms with Crippen molar-refractivity contribution < 1.29 is 14.4 Å². The van der Waals surface area contributed by atoms with E-state index in [1.165, 1.54) is 4.90 Å². The van der Waals surface area contributed by atoms with Crippen LogP contribution in [0.25, 0.3) is 0 Å². The molecule has 8 heteroatoms. The van der Waals surface area contributed by atoms with Gasteiger partial charge in [0, 0.05) is 5.69 Å². The summed E-state index contributed by atoms with van der Waals surface area (Å²) in [6.07, 6.45) is 1.49. The molecule has 172 valence electrons. The van der Waals surface area contributed by atoms with Gasteiger partial charge in [0.15, 0.2) is 0 Å². The highest BCUT2D eigenvalue weighted by atomic mass is 35.5. The van der Waals surface area contributed by atoms with Crippen LogP contribution in [0, 0.1) is 24.2 Å². The van der Waals surface area contributed by atoms with Gasteiger partial charge in [-0.15, -0.1) is 0 Å². The zero-order chi connectivity index (χ0) is 23.9. The molecule has 33 heavy (non-hydrogen) atoms. The van der Waals surface area contributed by atoms with Gasteiger partial charge in [0.05, 0.1) is 23.7 Å². The largest absolute Gasteiger partial charge is 0.326 e. The van der Waals surface area contributed by atoms with Crippen LogP contribution in [-0.4, -0.2) is 23.8 Å². The minimum atomic E-state index is -0.981. The summed E-state index contributed by atoms with van der Waals surface area (Å²) in [6.45, 7) is 5.88. The summed E-state index contributed by atoms with van der Waals surface area (Å²) in [5.74, 6) is -1.56. The Morgan fingerprint density at radius 1 is 1.12 bits per heavy atom. The van der Waals surface area contributed by atoms with Crippen LogP contribution in [-0.2, 0) is 14.4 Å². The average Bonchev–Trinajstić information content (AvgIpc) is 3.28. The van der Waals surface area contributed by atoms with Crippen LogP contribution < -0.4 is 15.5 Å². The fourth-order valence-corrected chi connectivity index (χ4v) is 4.79. The van der Waals surface area contributed by atoms with Crippen LogP contribution in [0.1, 0.15) is 25.8 Å². The first-order valence-corrected chi connectivity index (χ1v) is 11.5. The molecule has 0 unspecified atom stereocenters. The molecule has 6 nitrogen and oxygen atoms in total. The van der Waals surface area contributed by atoms with Crippen molar-refractivity contribution in [1.29, 1.82) is 0 Å². The van der Waals surface area contributed by atoms with Gasteiger partial charge in [0.25, 0.3) is 0 Å². The fraction of sp³-hybridized carbons (Fsp3) is 0.320. The Morgan fingerprint density at radius 3 is 2.45 bits per heavy atom. The fourth-order valence-electron chi connectivity index (χ4n) is 4.52. The van der Waals surface area contributed by atoms with Crippen LogP contribution in [0.4, 0.5) is 17.1 Å². The molecular weight excluding hydrogens is 461 g/mol. The molecule has 3 atom stereocenters. The van der Waals surface area contributed by atoms with Gasteiger partial charge in [-0.1, -0.05) is 66.9 Å². The van der Waals surface area contributed by atoms with Gasteiger partial charge in [0.1, 0.15) is 10.5 Å².